The Balaban J connectivity index is 1.83. The third-order valence-electron chi connectivity index (χ3n) is 3.84. The lowest BCUT2D eigenvalue weighted by Crippen LogP contribution is -2.19. The second kappa shape index (κ2) is 6.38. The Morgan fingerprint density at radius 3 is 2.96 bits per heavy atom. The Bertz CT molecular complexity index is 789. The molecular weight excluding hydrogens is 314 g/mol. The van der Waals surface area contributed by atoms with Crippen molar-refractivity contribution in [3.8, 4) is 0 Å². The second-order valence-corrected chi connectivity index (χ2v) is 5.78. The monoisotopic (exact) mass is 329 g/mol. The first-order valence-corrected chi connectivity index (χ1v) is 7.83. The molecule has 0 atom stereocenters. The number of carbonyl (C=O) groups excluding carboxylic acids is 2. The van der Waals surface area contributed by atoms with Crippen molar-refractivity contribution in [2.75, 3.05) is 10.6 Å². The number of nitrogens with zero attached hydrogens (tertiary/aromatic N) is 1. The minimum atomic E-state index is -0.217. The summed E-state index contributed by atoms with van der Waals surface area (Å²) in [6.07, 6.45) is 3.46. The number of amides is 2. The normalized spacial score (nSPS) is 13.2. The van der Waals surface area contributed by atoms with Gasteiger partial charge in [0.1, 0.15) is 5.15 Å². The van der Waals surface area contributed by atoms with Gasteiger partial charge in [0, 0.05) is 29.6 Å². The van der Waals surface area contributed by atoms with Gasteiger partial charge < -0.3 is 10.6 Å². The van der Waals surface area contributed by atoms with Gasteiger partial charge in [-0.25, -0.2) is 4.98 Å². The van der Waals surface area contributed by atoms with Crippen LogP contribution < -0.4 is 10.6 Å². The van der Waals surface area contributed by atoms with Crippen LogP contribution in [0.3, 0.4) is 0 Å². The van der Waals surface area contributed by atoms with E-state index in [0.29, 0.717) is 35.7 Å². The Hall–Kier alpha value is -2.40. The van der Waals surface area contributed by atoms with Crippen molar-refractivity contribution in [3.63, 3.8) is 0 Å². The van der Waals surface area contributed by atoms with Crippen LogP contribution in [0.2, 0.25) is 5.15 Å². The highest BCUT2D eigenvalue weighted by Gasteiger charge is 2.16. The molecule has 0 spiro atoms. The molecule has 118 valence electrons. The lowest BCUT2D eigenvalue weighted by molar-refractivity contribution is -0.116. The Kier molecular flexibility index (Phi) is 4.30. The zero-order valence-electron chi connectivity index (χ0n) is 12.6. The maximum absolute atomic E-state index is 12.5. The third-order valence-corrected chi connectivity index (χ3v) is 4.04. The Morgan fingerprint density at radius 1 is 1.35 bits per heavy atom. The van der Waals surface area contributed by atoms with Crippen molar-refractivity contribution in [1.82, 2.24) is 4.98 Å². The van der Waals surface area contributed by atoms with Gasteiger partial charge in [0.15, 0.2) is 0 Å². The molecule has 1 aliphatic heterocycles. The van der Waals surface area contributed by atoms with Gasteiger partial charge in [-0.2, -0.15) is 0 Å². The number of anilines is 2. The third kappa shape index (κ3) is 3.35. The van der Waals surface area contributed by atoms with E-state index in [9.17, 15) is 9.59 Å². The standard InChI is InChI=1S/C17H16ClN3O2/c1-2-10-9-19-15(18)8-13(10)17(23)20-12-4-5-14-11(7-12)3-6-16(22)21-14/h4-5,7-9H,2-3,6H2,1H3,(H,20,23)(H,21,22). The number of nitrogens with one attached hydrogen (secondary N) is 2. The summed E-state index contributed by atoms with van der Waals surface area (Å²) in [6.45, 7) is 1.96. The van der Waals surface area contributed by atoms with Gasteiger partial charge in [-0.1, -0.05) is 18.5 Å². The summed E-state index contributed by atoms with van der Waals surface area (Å²) in [6, 6.07) is 7.05. The van der Waals surface area contributed by atoms with Crippen LogP contribution in [-0.4, -0.2) is 16.8 Å². The number of halogens is 1. The number of aryl methyl sites for hydroxylation is 2. The average molecular weight is 330 g/mol. The van der Waals surface area contributed by atoms with Crippen LogP contribution in [0.5, 0.6) is 0 Å². The van der Waals surface area contributed by atoms with E-state index in [4.69, 9.17) is 11.6 Å². The van der Waals surface area contributed by atoms with Crippen LogP contribution in [-0.2, 0) is 17.6 Å². The Labute approximate surface area is 139 Å². The van der Waals surface area contributed by atoms with Crippen LogP contribution in [0.4, 0.5) is 11.4 Å². The molecule has 23 heavy (non-hydrogen) atoms. The van der Waals surface area contributed by atoms with Crippen molar-refractivity contribution in [1.29, 1.82) is 0 Å². The lowest BCUT2D eigenvalue weighted by atomic mass is 10.0. The lowest BCUT2D eigenvalue weighted by Gasteiger charge is -2.18. The van der Waals surface area contributed by atoms with Crippen LogP contribution in [0.1, 0.15) is 34.8 Å². The minimum Gasteiger partial charge on any atom is -0.326 e. The first-order valence-electron chi connectivity index (χ1n) is 7.45. The predicted octanol–water partition coefficient (Wildman–Crippen LogP) is 3.43. The summed E-state index contributed by atoms with van der Waals surface area (Å²) < 4.78 is 0. The molecule has 2 amide bonds. The average Bonchev–Trinajstić information content (AvgIpc) is 2.55. The number of rotatable bonds is 3. The highest BCUT2D eigenvalue weighted by atomic mass is 35.5. The quantitative estimate of drug-likeness (QED) is 0.847. The van der Waals surface area contributed by atoms with Gasteiger partial charge in [0.05, 0.1) is 0 Å². The fourth-order valence-electron chi connectivity index (χ4n) is 2.61. The van der Waals surface area contributed by atoms with Crippen LogP contribution in [0, 0.1) is 0 Å². The van der Waals surface area contributed by atoms with Crippen molar-refractivity contribution in [2.45, 2.75) is 26.2 Å². The molecule has 1 aliphatic rings. The molecule has 0 aliphatic carbocycles. The second-order valence-electron chi connectivity index (χ2n) is 5.39. The summed E-state index contributed by atoms with van der Waals surface area (Å²) in [7, 11) is 0. The molecule has 1 aromatic carbocycles. The van der Waals surface area contributed by atoms with E-state index < -0.39 is 0 Å². The smallest absolute Gasteiger partial charge is 0.256 e. The molecule has 0 saturated heterocycles. The number of fused-ring (bicyclic) bond motifs is 1. The predicted molar refractivity (Wildman–Crippen MR) is 90.0 cm³/mol. The van der Waals surface area contributed by atoms with E-state index in [1.165, 1.54) is 0 Å². The number of benzene rings is 1. The van der Waals surface area contributed by atoms with Gasteiger partial charge in [-0.05, 0) is 48.2 Å². The minimum absolute atomic E-state index is 0.0216. The topological polar surface area (TPSA) is 71.1 Å². The molecule has 0 bridgehead atoms. The van der Waals surface area contributed by atoms with Gasteiger partial charge >= 0.3 is 0 Å². The first kappa shape index (κ1) is 15.5. The summed E-state index contributed by atoms with van der Waals surface area (Å²) in [4.78, 5) is 27.9. The van der Waals surface area contributed by atoms with E-state index >= 15 is 0 Å². The molecule has 2 aromatic rings. The van der Waals surface area contributed by atoms with Crippen LogP contribution in [0.15, 0.2) is 30.5 Å². The number of carbonyl (C=O) groups is 2. The molecule has 0 unspecified atom stereocenters. The summed E-state index contributed by atoms with van der Waals surface area (Å²) in [5.41, 5.74) is 3.89. The number of aromatic nitrogens is 1. The van der Waals surface area contributed by atoms with E-state index in [0.717, 1.165) is 16.8 Å². The maximum atomic E-state index is 12.5. The van der Waals surface area contributed by atoms with Crippen molar-refractivity contribution >= 4 is 34.8 Å². The molecule has 2 heterocycles. The summed E-state index contributed by atoms with van der Waals surface area (Å²) in [5, 5.41) is 6.00. The SMILES string of the molecule is CCc1cnc(Cl)cc1C(=O)Nc1ccc2c(c1)CCC(=O)N2. The Morgan fingerprint density at radius 2 is 2.17 bits per heavy atom. The number of hydrogen-bond donors (Lipinski definition) is 2. The van der Waals surface area contributed by atoms with Gasteiger partial charge in [0.25, 0.3) is 5.91 Å². The fourth-order valence-corrected chi connectivity index (χ4v) is 2.77. The van der Waals surface area contributed by atoms with Crippen LogP contribution >= 0.6 is 11.6 Å². The molecule has 3 rings (SSSR count). The summed E-state index contributed by atoms with van der Waals surface area (Å²) in [5.74, 6) is -0.195. The van der Waals surface area contributed by atoms with E-state index in [1.54, 1.807) is 18.3 Å². The number of hydrogen-bond acceptors (Lipinski definition) is 3. The van der Waals surface area contributed by atoms with Gasteiger partial charge in [-0.15, -0.1) is 0 Å². The first-order chi connectivity index (χ1) is 11.1. The highest BCUT2D eigenvalue weighted by molar-refractivity contribution is 6.29. The van der Waals surface area contributed by atoms with Crippen molar-refractivity contribution in [3.05, 3.63) is 52.3 Å². The van der Waals surface area contributed by atoms with E-state index in [-0.39, 0.29) is 11.8 Å². The molecule has 0 saturated carbocycles. The molecule has 2 N–H and O–H groups in total. The van der Waals surface area contributed by atoms with Gasteiger partial charge in [0.2, 0.25) is 5.91 Å². The molecule has 0 fully saturated rings. The fraction of sp³-hybridized carbons (Fsp3) is 0.235. The molecule has 6 heteroatoms. The van der Waals surface area contributed by atoms with E-state index in [1.807, 2.05) is 19.1 Å². The molecule has 0 radical (unpaired) electrons. The van der Waals surface area contributed by atoms with E-state index in [2.05, 4.69) is 15.6 Å². The molecular formula is C17H16ClN3O2. The zero-order chi connectivity index (χ0) is 16.4. The molecule has 5 nitrogen and oxygen atoms in total. The van der Waals surface area contributed by atoms with Crippen LogP contribution in [0.25, 0.3) is 0 Å². The van der Waals surface area contributed by atoms with Crippen molar-refractivity contribution in [2.24, 2.45) is 0 Å². The number of pyridine rings is 1. The highest BCUT2D eigenvalue weighted by Crippen LogP contribution is 2.26. The largest absolute Gasteiger partial charge is 0.326 e. The zero-order valence-corrected chi connectivity index (χ0v) is 13.4. The van der Waals surface area contributed by atoms with Gasteiger partial charge in [-0.3, -0.25) is 9.59 Å². The summed E-state index contributed by atoms with van der Waals surface area (Å²) >= 11 is 5.90. The molecule has 1 aromatic heterocycles. The van der Waals surface area contributed by atoms with Crippen molar-refractivity contribution < 1.29 is 9.59 Å². The maximum Gasteiger partial charge on any atom is 0.256 e.